The van der Waals surface area contributed by atoms with E-state index in [1.165, 1.54) is 0 Å². The Morgan fingerprint density at radius 3 is 2.87 bits per heavy atom. The molecule has 2 rings (SSSR count). The van der Waals surface area contributed by atoms with Gasteiger partial charge in [-0.25, -0.2) is 9.50 Å². The van der Waals surface area contributed by atoms with Gasteiger partial charge in [0.2, 0.25) is 0 Å². The summed E-state index contributed by atoms with van der Waals surface area (Å²) in [6.07, 6.45) is 3.48. The zero-order chi connectivity index (χ0) is 10.9. The predicted molar refractivity (Wildman–Crippen MR) is 59.3 cm³/mol. The Morgan fingerprint density at radius 2 is 2.13 bits per heavy atom. The molecule has 2 heterocycles. The van der Waals surface area contributed by atoms with Crippen molar-refractivity contribution in [1.82, 2.24) is 14.6 Å². The Morgan fingerprint density at radius 1 is 1.33 bits per heavy atom. The maximum absolute atomic E-state index is 4.22. The lowest BCUT2D eigenvalue weighted by atomic mass is 9.98. The first-order chi connectivity index (χ1) is 7.06. The molecule has 3 heteroatoms. The van der Waals surface area contributed by atoms with E-state index in [-0.39, 0.29) is 5.41 Å². The summed E-state index contributed by atoms with van der Waals surface area (Å²) in [5.74, 6) is 6.26. The molecule has 15 heavy (non-hydrogen) atoms. The molecular weight excluding hydrogens is 186 g/mol. The molecule has 0 aliphatic rings. The van der Waals surface area contributed by atoms with Gasteiger partial charge >= 0.3 is 0 Å². The highest BCUT2D eigenvalue weighted by Crippen LogP contribution is 2.11. The van der Waals surface area contributed by atoms with Gasteiger partial charge in [0.1, 0.15) is 5.69 Å². The molecule has 2 aromatic rings. The zero-order valence-electron chi connectivity index (χ0n) is 9.15. The van der Waals surface area contributed by atoms with Crippen LogP contribution in [0, 0.1) is 17.3 Å². The van der Waals surface area contributed by atoms with Crippen LogP contribution in [0.4, 0.5) is 0 Å². The SMILES string of the molecule is CC(C)(C)C#Cc1cnc2cccnn12. The summed E-state index contributed by atoms with van der Waals surface area (Å²) in [5, 5.41) is 4.19. The monoisotopic (exact) mass is 199 g/mol. The van der Waals surface area contributed by atoms with Crippen LogP contribution in [0.25, 0.3) is 5.65 Å². The number of imidazole rings is 1. The third kappa shape index (κ3) is 2.16. The third-order valence-electron chi connectivity index (χ3n) is 1.84. The summed E-state index contributed by atoms with van der Waals surface area (Å²) >= 11 is 0. The van der Waals surface area contributed by atoms with Crippen LogP contribution in [0.15, 0.2) is 24.5 Å². The van der Waals surface area contributed by atoms with Crippen molar-refractivity contribution in [2.24, 2.45) is 5.41 Å². The molecule has 0 radical (unpaired) electrons. The summed E-state index contributed by atoms with van der Waals surface area (Å²) in [6, 6.07) is 3.78. The summed E-state index contributed by atoms with van der Waals surface area (Å²) in [7, 11) is 0. The minimum atomic E-state index is -0.00106. The van der Waals surface area contributed by atoms with Gasteiger partial charge in [-0.3, -0.25) is 0 Å². The largest absolute Gasteiger partial charge is 0.234 e. The van der Waals surface area contributed by atoms with Crippen LogP contribution in [0.1, 0.15) is 26.5 Å². The van der Waals surface area contributed by atoms with Crippen LogP contribution in [-0.4, -0.2) is 14.6 Å². The quantitative estimate of drug-likeness (QED) is 0.608. The standard InChI is InChI=1S/C12H13N3/c1-12(2,3)7-6-10-9-13-11-5-4-8-14-15(10)11/h4-5,8-9H,1-3H3. The smallest absolute Gasteiger partial charge is 0.154 e. The lowest BCUT2D eigenvalue weighted by Gasteiger charge is -2.06. The Kier molecular flexibility index (Phi) is 2.20. The van der Waals surface area contributed by atoms with Crippen LogP contribution in [0.2, 0.25) is 0 Å². The van der Waals surface area contributed by atoms with E-state index < -0.39 is 0 Å². The van der Waals surface area contributed by atoms with E-state index in [0.717, 1.165) is 11.3 Å². The van der Waals surface area contributed by atoms with Crippen LogP contribution in [-0.2, 0) is 0 Å². The minimum Gasteiger partial charge on any atom is -0.234 e. The summed E-state index contributed by atoms with van der Waals surface area (Å²) in [4.78, 5) is 4.22. The fraction of sp³-hybridized carbons (Fsp3) is 0.333. The van der Waals surface area contributed by atoms with Crippen LogP contribution in [0.5, 0.6) is 0 Å². The lowest BCUT2D eigenvalue weighted by Crippen LogP contribution is -2.00. The molecule has 0 saturated carbocycles. The number of hydrogen-bond acceptors (Lipinski definition) is 2. The number of fused-ring (bicyclic) bond motifs is 1. The first kappa shape index (κ1) is 9.72. The van der Waals surface area contributed by atoms with Crippen molar-refractivity contribution in [3.8, 4) is 11.8 Å². The second-order valence-electron chi connectivity index (χ2n) is 4.44. The zero-order valence-corrected chi connectivity index (χ0v) is 9.15. The van der Waals surface area contributed by atoms with E-state index in [0.29, 0.717) is 0 Å². The second kappa shape index (κ2) is 3.39. The van der Waals surface area contributed by atoms with E-state index in [4.69, 9.17) is 0 Å². The fourth-order valence-electron chi connectivity index (χ4n) is 1.17. The maximum Gasteiger partial charge on any atom is 0.154 e. The van der Waals surface area contributed by atoms with Crippen molar-refractivity contribution in [3.63, 3.8) is 0 Å². The van der Waals surface area contributed by atoms with Crippen molar-refractivity contribution in [2.45, 2.75) is 20.8 Å². The molecular formula is C12H13N3. The fourth-order valence-corrected chi connectivity index (χ4v) is 1.17. The van der Waals surface area contributed by atoms with Gasteiger partial charge in [-0.1, -0.05) is 5.92 Å². The van der Waals surface area contributed by atoms with E-state index in [9.17, 15) is 0 Å². The molecule has 0 N–H and O–H groups in total. The highest BCUT2D eigenvalue weighted by Gasteiger charge is 2.05. The van der Waals surface area contributed by atoms with Crippen molar-refractivity contribution in [2.75, 3.05) is 0 Å². The van der Waals surface area contributed by atoms with Crippen LogP contribution in [0.3, 0.4) is 0 Å². The van der Waals surface area contributed by atoms with Gasteiger partial charge in [0, 0.05) is 11.6 Å². The molecule has 76 valence electrons. The lowest BCUT2D eigenvalue weighted by molar-refractivity contribution is 0.571. The number of nitrogens with zero attached hydrogens (tertiary/aromatic N) is 3. The molecule has 0 aromatic carbocycles. The van der Waals surface area contributed by atoms with Gasteiger partial charge in [0.15, 0.2) is 5.65 Å². The van der Waals surface area contributed by atoms with Crippen molar-refractivity contribution in [3.05, 3.63) is 30.2 Å². The molecule has 0 aliphatic heterocycles. The van der Waals surface area contributed by atoms with E-state index in [1.807, 2.05) is 12.1 Å². The number of aromatic nitrogens is 3. The van der Waals surface area contributed by atoms with Crippen molar-refractivity contribution >= 4 is 5.65 Å². The van der Waals surface area contributed by atoms with Gasteiger partial charge in [-0.15, -0.1) is 0 Å². The highest BCUT2D eigenvalue weighted by molar-refractivity contribution is 5.42. The first-order valence-corrected chi connectivity index (χ1v) is 4.88. The molecule has 0 saturated heterocycles. The van der Waals surface area contributed by atoms with E-state index >= 15 is 0 Å². The normalized spacial score (nSPS) is 11.1. The minimum absolute atomic E-state index is 0.00106. The Labute approximate surface area is 89.1 Å². The Bertz CT molecular complexity index is 535. The molecule has 0 fully saturated rings. The molecule has 0 aliphatic carbocycles. The van der Waals surface area contributed by atoms with Gasteiger partial charge in [-0.2, -0.15) is 5.10 Å². The van der Waals surface area contributed by atoms with E-state index in [2.05, 4.69) is 42.7 Å². The van der Waals surface area contributed by atoms with Crippen LogP contribution >= 0.6 is 0 Å². The van der Waals surface area contributed by atoms with E-state index in [1.54, 1.807) is 16.9 Å². The summed E-state index contributed by atoms with van der Waals surface area (Å²) in [5.41, 5.74) is 1.66. The second-order valence-corrected chi connectivity index (χ2v) is 4.44. The van der Waals surface area contributed by atoms with Crippen molar-refractivity contribution < 1.29 is 0 Å². The van der Waals surface area contributed by atoms with Crippen molar-refractivity contribution in [1.29, 1.82) is 0 Å². The average Bonchev–Trinajstić information content (AvgIpc) is 2.57. The average molecular weight is 199 g/mol. The molecule has 0 amide bonds. The molecule has 3 nitrogen and oxygen atoms in total. The van der Waals surface area contributed by atoms with Gasteiger partial charge in [-0.05, 0) is 38.8 Å². The van der Waals surface area contributed by atoms with Gasteiger partial charge in [0.05, 0.1) is 6.20 Å². The summed E-state index contributed by atoms with van der Waals surface area (Å²) in [6.45, 7) is 6.24. The Balaban J connectivity index is 2.48. The molecule has 0 unspecified atom stereocenters. The first-order valence-electron chi connectivity index (χ1n) is 4.88. The Hall–Kier alpha value is -1.82. The summed E-state index contributed by atoms with van der Waals surface area (Å²) < 4.78 is 1.75. The molecule has 0 spiro atoms. The topological polar surface area (TPSA) is 30.2 Å². The van der Waals surface area contributed by atoms with Gasteiger partial charge in [0.25, 0.3) is 0 Å². The molecule has 0 bridgehead atoms. The van der Waals surface area contributed by atoms with Crippen LogP contribution < -0.4 is 0 Å². The predicted octanol–water partition coefficient (Wildman–Crippen LogP) is 2.13. The molecule has 0 atom stereocenters. The number of rotatable bonds is 0. The number of hydrogen-bond donors (Lipinski definition) is 0. The maximum atomic E-state index is 4.22. The third-order valence-corrected chi connectivity index (χ3v) is 1.84. The van der Waals surface area contributed by atoms with Gasteiger partial charge < -0.3 is 0 Å². The highest BCUT2D eigenvalue weighted by atomic mass is 15.2. The molecule has 2 aromatic heterocycles.